The molecule has 1 aliphatic heterocycles. The van der Waals surface area contributed by atoms with Gasteiger partial charge in [0.15, 0.2) is 0 Å². The van der Waals surface area contributed by atoms with Crippen LogP contribution in [0.1, 0.15) is 120 Å². The molecule has 10 N–H and O–H groups in total. The first kappa shape index (κ1) is 54.1. The molecule has 8 amide bonds. The molecule has 10 unspecified atom stereocenters. The maximum Gasteiger partial charge on any atom is 0.243 e. The van der Waals surface area contributed by atoms with Crippen LogP contribution in [0, 0.1) is 29.6 Å². The summed E-state index contributed by atoms with van der Waals surface area (Å²) in [6.07, 6.45) is 2.37. The van der Waals surface area contributed by atoms with E-state index >= 15 is 0 Å². The predicted octanol–water partition coefficient (Wildman–Crippen LogP) is 1.72. The third kappa shape index (κ3) is 17.2. The Morgan fingerprint density at radius 1 is 0.492 bits per heavy atom. The maximum absolute atomic E-state index is 14.4. The van der Waals surface area contributed by atoms with E-state index in [1.807, 2.05) is 33.8 Å². The second kappa shape index (κ2) is 26.5. The second-order valence-corrected chi connectivity index (χ2v) is 18.2. The van der Waals surface area contributed by atoms with Crippen molar-refractivity contribution in [2.24, 2.45) is 35.3 Å². The van der Waals surface area contributed by atoms with Gasteiger partial charge in [0.25, 0.3) is 0 Å². The molecule has 1 aromatic carbocycles. The molecule has 354 valence electrons. The van der Waals surface area contributed by atoms with Crippen molar-refractivity contribution >= 4 is 47.3 Å². The van der Waals surface area contributed by atoms with Crippen molar-refractivity contribution in [3.63, 3.8) is 0 Å². The Morgan fingerprint density at radius 3 is 1.40 bits per heavy atom. The third-order valence-corrected chi connectivity index (χ3v) is 11.7. The number of hydrogen-bond acceptors (Lipinski definition) is 9. The summed E-state index contributed by atoms with van der Waals surface area (Å²) in [4.78, 5) is 112. The number of unbranched alkanes of at least 4 members (excludes halogenated alkanes) is 1. The van der Waals surface area contributed by atoms with E-state index in [1.165, 1.54) is 6.92 Å². The number of amides is 8. The lowest BCUT2D eigenvalue weighted by molar-refractivity contribution is -0.138. The normalized spacial score (nSPS) is 26.6. The van der Waals surface area contributed by atoms with Gasteiger partial charge in [-0.1, -0.05) is 112 Å². The summed E-state index contributed by atoms with van der Waals surface area (Å²) in [5.74, 6) is -6.97. The fourth-order valence-electron chi connectivity index (χ4n) is 7.19. The van der Waals surface area contributed by atoms with E-state index < -0.39 is 119 Å². The van der Waals surface area contributed by atoms with E-state index in [1.54, 1.807) is 65.8 Å². The molecule has 17 nitrogen and oxygen atoms in total. The number of benzene rings is 1. The number of nitrogens with two attached hydrogens (primary N) is 1. The van der Waals surface area contributed by atoms with Gasteiger partial charge in [0.05, 0.1) is 0 Å². The quantitative estimate of drug-likeness (QED) is 0.123. The lowest BCUT2D eigenvalue weighted by Crippen LogP contribution is -2.63. The van der Waals surface area contributed by atoms with Gasteiger partial charge in [-0.25, -0.2) is 0 Å². The molecule has 0 aliphatic carbocycles. The number of carbonyl (C=O) groups is 8. The molecule has 1 saturated heterocycles. The van der Waals surface area contributed by atoms with E-state index in [4.69, 9.17) is 5.73 Å². The summed E-state index contributed by atoms with van der Waals surface area (Å²) >= 11 is 0. The average Bonchev–Trinajstić information content (AvgIpc) is 3.23. The van der Waals surface area contributed by atoms with Crippen molar-refractivity contribution in [3.8, 4) is 0 Å². The molecular formula is C46H77N9O8. The molecule has 0 saturated carbocycles. The van der Waals surface area contributed by atoms with Gasteiger partial charge in [-0.15, -0.1) is 0 Å². The Hall–Kier alpha value is -5.06. The Kier molecular flexibility index (Phi) is 22.8. The van der Waals surface area contributed by atoms with Crippen molar-refractivity contribution in [2.75, 3.05) is 6.54 Å². The Balaban J connectivity index is 2.77. The second-order valence-electron chi connectivity index (χ2n) is 18.2. The molecule has 1 aliphatic rings. The van der Waals surface area contributed by atoms with Gasteiger partial charge >= 0.3 is 0 Å². The van der Waals surface area contributed by atoms with Gasteiger partial charge in [-0.3, -0.25) is 38.4 Å². The molecule has 2 rings (SSSR count). The molecule has 10 atom stereocenters. The first-order valence-electron chi connectivity index (χ1n) is 22.8. The molecule has 63 heavy (non-hydrogen) atoms. The maximum atomic E-state index is 14.4. The standard InChI is InChI=1S/C46H77N9O8/c1-12-28(9)37-46(63)51-34(24-31-19-15-14-16-20-31)41(58)50-33(23-25(3)4)42(59)53-35(26(5)6)43(60)48-30(11)39(56)52-36(27(7)8)44(61)55-38(29(10)13-2)45(62)49-32(40(57)54-37)21-17-18-22-47/h14-16,19-20,25-30,32-38H,12-13,17-18,21-24,47H2,1-11H3,(H,48,60)(H,49,62)(H,50,58)(H,51,63)(H,52,56)(H,53,59)(H,54,57)(H,55,61). The molecular weight excluding hydrogens is 807 g/mol. The minimum Gasteiger partial charge on any atom is -0.343 e. The highest BCUT2D eigenvalue weighted by molar-refractivity contribution is 5.99. The van der Waals surface area contributed by atoms with Crippen molar-refractivity contribution < 1.29 is 38.4 Å². The van der Waals surface area contributed by atoms with Crippen LogP contribution in [0.3, 0.4) is 0 Å². The Labute approximate surface area is 374 Å². The number of nitrogens with one attached hydrogen (secondary N) is 8. The Bertz CT molecular complexity index is 1690. The molecule has 1 fully saturated rings. The van der Waals surface area contributed by atoms with Gasteiger partial charge in [0.2, 0.25) is 47.3 Å². The lowest BCUT2D eigenvalue weighted by Gasteiger charge is -2.32. The summed E-state index contributed by atoms with van der Waals surface area (Å²) in [6, 6.07) is -0.0804. The SMILES string of the molecule is CCC(C)C1NC(=O)C(CCCCN)NC(=O)C(C(C)CC)NC(=O)C(C(C)C)NC(=O)C(C)NC(=O)C(C(C)C)NC(=O)C(CC(C)C)NC(=O)C(Cc2ccccc2)NC1=O. The number of hydrogen-bond donors (Lipinski definition) is 9. The van der Waals surface area contributed by atoms with Crippen LogP contribution in [0.15, 0.2) is 30.3 Å². The molecule has 0 bridgehead atoms. The summed E-state index contributed by atoms with van der Waals surface area (Å²) < 4.78 is 0. The predicted molar refractivity (Wildman–Crippen MR) is 242 cm³/mol. The zero-order valence-corrected chi connectivity index (χ0v) is 39.4. The van der Waals surface area contributed by atoms with Crippen LogP contribution in [0.2, 0.25) is 0 Å². The minimum absolute atomic E-state index is 0.0464. The van der Waals surface area contributed by atoms with Crippen molar-refractivity contribution in [2.45, 2.75) is 169 Å². The third-order valence-electron chi connectivity index (χ3n) is 11.7. The Morgan fingerprint density at radius 2 is 0.905 bits per heavy atom. The molecule has 1 heterocycles. The summed E-state index contributed by atoms with van der Waals surface area (Å²) in [6.45, 7) is 19.7. The monoisotopic (exact) mass is 884 g/mol. The van der Waals surface area contributed by atoms with Crippen LogP contribution in [0.25, 0.3) is 0 Å². The van der Waals surface area contributed by atoms with E-state index in [9.17, 15) is 38.4 Å². The minimum atomic E-state index is -1.20. The molecule has 0 aromatic heterocycles. The van der Waals surface area contributed by atoms with Crippen LogP contribution >= 0.6 is 0 Å². The summed E-state index contributed by atoms with van der Waals surface area (Å²) in [5, 5.41) is 22.3. The van der Waals surface area contributed by atoms with Crippen LogP contribution in [0.5, 0.6) is 0 Å². The van der Waals surface area contributed by atoms with E-state index in [0.29, 0.717) is 32.2 Å². The van der Waals surface area contributed by atoms with Crippen LogP contribution in [0.4, 0.5) is 0 Å². The highest BCUT2D eigenvalue weighted by Crippen LogP contribution is 2.16. The van der Waals surface area contributed by atoms with Gasteiger partial charge in [-0.2, -0.15) is 0 Å². The number of rotatable bonds is 14. The van der Waals surface area contributed by atoms with Crippen LogP contribution in [-0.2, 0) is 44.8 Å². The van der Waals surface area contributed by atoms with Crippen molar-refractivity contribution in [1.82, 2.24) is 42.5 Å². The van der Waals surface area contributed by atoms with Gasteiger partial charge < -0.3 is 48.3 Å². The largest absolute Gasteiger partial charge is 0.343 e. The molecule has 0 radical (unpaired) electrons. The highest BCUT2D eigenvalue weighted by Gasteiger charge is 2.38. The van der Waals surface area contributed by atoms with E-state index in [-0.39, 0.29) is 25.2 Å². The lowest BCUT2D eigenvalue weighted by atomic mass is 9.95. The topological polar surface area (TPSA) is 259 Å². The average molecular weight is 884 g/mol. The van der Waals surface area contributed by atoms with Crippen LogP contribution in [-0.4, -0.2) is 102 Å². The zero-order chi connectivity index (χ0) is 47.6. The van der Waals surface area contributed by atoms with Crippen molar-refractivity contribution in [1.29, 1.82) is 0 Å². The van der Waals surface area contributed by atoms with Crippen molar-refractivity contribution in [3.05, 3.63) is 35.9 Å². The summed E-state index contributed by atoms with van der Waals surface area (Å²) in [5.41, 5.74) is 6.51. The highest BCUT2D eigenvalue weighted by atomic mass is 16.2. The van der Waals surface area contributed by atoms with Crippen LogP contribution < -0.4 is 48.3 Å². The van der Waals surface area contributed by atoms with Gasteiger partial charge in [0, 0.05) is 6.42 Å². The molecule has 17 heteroatoms. The number of carbonyl (C=O) groups excluding carboxylic acids is 8. The van der Waals surface area contributed by atoms with Gasteiger partial charge in [-0.05, 0) is 74.3 Å². The summed E-state index contributed by atoms with van der Waals surface area (Å²) in [7, 11) is 0. The fourth-order valence-corrected chi connectivity index (χ4v) is 7.19. The van der Waals surface area contributed by atoms with E-state index in [2.05, 4.69) is 42.5 Å². The van der Waals surface area contributed by atoms with Gasteiger partial charge in [0.1, 0.15) is 48.3 Å². The molecule has 0 spiro atoms. The first-order chi connectivity index (χ1) is 29.6. The first-order valence-corrected chi connectivity index (χ1v) is 22.8. The zero-order valence-electron chi connectivity index (χ0n) is 39.4. The smallest absolute Gasteiger partial charge is 0.243 e. The fraction of sp³-hybridized carbons (Fsp3) is 0.696. The van der Waals surface area contributed by atoms with E-state index in [0.717, 1.165) is 5.56 Å². The molecule has 1 aromatic rings.